The molecule has 0 aromatic heterocycles. The molecule has 0 heterocycles. The average Bonchev–Trinajstić information content (AvgIpc) is 2.76. The first-order valence-corrected chi connectivity index (χ1v) is 12.9. The first kappa shape index (κ1) is 25.1. The van der Waals surface area contributed by atoms with Gasteiger partial charge in [-0.1, -0.05) is 39.0 Å². The third-order valence-electron chi connectivity index (χ3n) is 7.54. The van der Waals surface area contributed by atoms with Crippen LogP contribution in [0.2, 0.25) is 0 Å². The van der Waals surface area contributed by atoms with Crippen LogP contribution in [0.4, 0.5) is 0 Å². The van der Waals surface area contributed by atoms with Gasteiger partial charge in [-0.25, -0.2) is 0 Å². The minimum Gasteiger partial charge on any atom is -0.379 e. The fourth-order valence-corrected chi connectivity index (χ4v) is 5.57. The van der Waals surface area contributed by atoms with E-state index in [1.807, 2.05) is 0 Å². The van der Waals surface area contributed by atoms with E-state index in [9.17, 15) is 4.79 Å². The number of ketones is 1. The molecule has 0 aromatic carbocycles. The Morgan fingerprint density at radius 2 is 1.38 bits per heavy atom. The number of rotatable bonds is 18. The zero-order valence-electron chi connectivity index (χ0n) is 19.0. The predicted molar refractivity (Wildman–Crippen MR) is 122 cm³/mol. The van der Waals surface area contributed by atoms with Gasteiger partial charge in [-0.05, 0) is 69.6 Å². The van der Waals surface area contributed by atoms with Gasteiger partial charge in [-0.15, -0.1) is 11.6 Å². The molecule has 3 nitrogen and oxygen atoms in total. The molecule has 0 aromatic rings. The van der Waals surface area contributed by atoms with Gasteiger partial charge in [0.2, 0.25) is 0 Å². The van der Waals surface area contributed by atoms with Crippen molar-refractivity contribution in [1.29, 1.82) is 0 Å². The van der Waals surface area contributed by atoms with Gasteiger partial charge in [0.15, 0.2) is 0 Å². The van der Waals surface area contributed by atoms with Crippen LogP contribution in [0.15, 0.2) is 0 Å². The number of carbonyl (C=O) groups excluding carboxylic acids is 1. The zero-order valence-corrected chi connectivity index (χ0v) is 19.7. The Hall–Kier alpha value is -0.120. The Morgan fingerprint density at radius 3 is 2.00 bits per heavy atom. The minimum atomic E-state index is 0.0269. The van der Waals surface area contributed by atoms with Gasteiger partial charge in [0.1, 0.15) is 5.78 Å². The van der Waals surface area contributed by atoms with Crippen LogP contribution >= 0.6 is 11.6 Å². The van der Waals surface area contributed by atoms with Gasteiger partial charge < -0.3 is 9.47 Å². The van der Waals surface area contributed by atoms with Crippen LogP contribution in [0.25, 0.3) is 0 Å². The normalized spacial score (nSPS) is 26.1. The maximum Gasteiger partial charge on any atom is 0.139 e. The molecule has 3 fully saturated rings. The summed E-state index contributed by atoms with van der Waals surface area (Å²) in [7, 11) is 0. The van der Waals surface area contributed by atoms with E-state index in [-0.39, 0.29) is 5.41 Å². The first-order valence-electron chi connectivity index (χ1n) is 12.4. The van der Waals surface area contributed by atoms with Gasteiger partial charge >= 0.3 is 0 Å². The second kappa shape index (κ2) is 14.0. The Morgan fingerprint density at radius 1 is 0.759 bits per heavy atom. The monoisotopic (exact) mass is 428 g/mol. The molecule has 0 atom stereocenters. The number of Topliss-reactive ketones (excluding diaryl/α,β-unsaturated/α-hetero) is 1. The van der Waals surface area contributed by atoms with E-state index in [0.29, 0.717) is 37.4 Å². The summed E-state index contributed by atoms with van der Waals surface area (Å²) in [6.07, 6.45) is 18.9. The van der Waals surface area contributed by atoms with Gasteiger partial charge in [-0.3, -0.25) is 4.79 Å². The van der Waals surface area contributed by atoms with Crippen LogP contribution in [0.5, 0.6) is 0 Å². The highest BCUT2D eigenvalue weighted by molar-refractivity contribution is 6.17. The van der Waals surface area contributed by atoms with E-state index in [4.69, 9.17) is 21.1 Å². The number of fused-ring (bicyclic) bond motifs is 3. The summed E-state index contributed by atoms with van der Waals surface area (Å²) in [4.78, 5) is 12.9. The van der Waals surface area contributed by atoms with Crippen molar-refractivity contribution in [2.24, 2.45) is 10.8 Å². The van der Waals surface area contributed by atoms with Crippen molar-refractivity contribution in [3.63, 3.8) is 0 Å². The van der Waals surface area contributed by atoms with Crippen LogP contribution in [0, 0.1) is 10.8 Å². The molecule has 0 N–H and O–H groups in total. The molecule has 0 aliphatic heterocycles. The summed E-state index contributed by atoms with van der Waals surface area (Å²) in [5.41, 5.74) is 0.615. The van der Waals surface area contributed by atoms with Crippen molar-refractivity contribution in [3.8, 4) is 0 Å². The lowest BCUT2D eigenvalue weighted by atomic mass is 9.51. The van der Waals surface area contributed by atoms with E-state index in [0.717, 1.165) is 51.0 Å². The first-order chi connectivity index (χ1) is 14.2. The van der Waals surface area contributed by atoms with Crippen LogP contribution < -0.4 is 0 Å². The van der Waals surface area contributed by atoms with E-state index >= 15 is 0 Å². The zero-order chi connectivity index (χ0) is 20.8. The van der Waals surface area contributed by atoms with Crippen molar-refractivity contribution < 1.29 is 14.3 Å². The van der Waals surface area contributed by atoms with Crippen LogP contribution in [0.3, 0.4) is 0 Å². The second-order valence-corrected chi connectivity index (χ2v) is 9.97. The molecular weight excluding hydrogens is 384 g/mol. The smallest absolute Gasteiger partial charge is 0.139 e. The quantitative estimate of drug-likeness (QED) is 0.172. The van der Waals surface area contributed by atoms with E-state index in [1.54, 1.807) is 0 Å². The molecule has 4 heteroatoms. The van der Waals surface area contributed by atoms with Crippen molar-refractivity contribution in [2.45, 2.75) is 110 Å². The summed E-state index contributed by atoms with van der Waals surface area (Å²) in [6, 6.07) is 0. The highest BCUT2D eigenvalue weighted by atomic mass is 35.5. The number of halogens is 1. The lowest BCUT2D eigenvalue weighted by molar-refractivity contribution is -0.138. The third-order valence-corrected chi connectivity index (χ3v) is 7.81. The molecule has 0 spiro atoms. The van der Waals surface area contributed by atoms with Crippen molar-refractivity contribution in [1.82, 2.24) is 0 Å². The lowest BCUT2D eigenvalue weighted by Gasteiger charge is -2.53. The van der Waals surface area contributed by atoms with Crippen molar-refractivity contribution in [3.05, 3.63) is 0 Å². The summed E-state index contributed by atoms with van der Waals surface area (Å²) >= 11 is 5.66. The van der Waals surface area contributed by atoms with Crippen molar-refractivity contribution >= 4 is 17.4 Å². The van der Waals surface area contributed by atoms with Gasteiger partial charge in [0.05, 0.1) is 13.2 Å². The molecule has 0 radical (unpaired) electrons. The topological polar surface area (TPSA) is 35.5 Å². The largest absolute Gasteiger partial charge is 0.379 e. The number of hydrogen-bond donors (Lipinski definition) is 0. The molecular formula is C25H45ClO3. The molecule has 0 saturated heterocycles. The average molecular weight is 429 g/mol. The molecule has 0 unspecified atom stereocenters. The Balaban J connectivity index is 1.48. The van der Waals surface area contributed by atoms with Crippen molar-refractivity contribution in [2.75, 3.05) is 32.3 Å². The Labute approximate surface area is 184 Å². The SMILES string of the molecule is CCCCCC12CCC(C(=O)CCCOCCOCCCCCCCl)(CC1)CC2. The molecule has 170 valence electrons. The van der Waals surface area contributed by atoms with Gasteiger partial charge in [0.25, 0.3) is 0 Å². The summed E-state index contributed by atoms with van der Waals surface area (Å²) in [6.45, 7) is 5.08. The van der Waals surface area contributed by atoms with Crippen LogP contribution in [-0.4, -0.2) is 38.1 Å². The van der Waals surface area contributed by atoms with E-state index in [1.165, 1.54) is 57.8 Å². The summed E-state index contributed by atoms with van der Waals surface area (Å²) in [5, 5.41) is 0. The van der Waals surface area contributed by atoms with Gasteiger partial charge in [0, 0.05) is 30.9 Å². The summed E-state index contributed by atoms with van der Waals surface area (Å²) < 4.78 is 11.3. The maximum atomic E-state index is 12.9. The molecule has 3 saturated carbocycles. The number of hydrogen-bond acceptors (Lipinski definition) is 3. The molecule has 0 amide bonds. The lowest BCUT2D eigenvalue weighted by Crippen LogP contribution is -2.45. The molecule has 3 rings (SSSR count). The Bertz CT molecular complexity index is 427. The molecule has 2 bridgehead atoms. The molecule has 29 heavy (non-hydrogen) atoms. The fraction of sp³-hybridized carbons (Fsp3) is 0.960. The number of unbranched alkanes of at least 4 members (excludes halogenated alkanes) is 5. The van der Waals surface area contributed by atoms with Crippen LogP contribution in [-0.2, 0) is 14.3 Å². The highest BCUT2D eigenvalue weighted by Gasteiger charge is 2.51. The Kier molecular flexibility index (Phi) is 12.2. The third kappa shape index (κ3) is 8.50. The standard InChI is InChI=1S/C25H45ClO3/c1-2-3-6-11-24-12-15-25(16-13-24,17-14-24)23(27)10-9-20-29-22-21-28-19-8-5-4-7-18-26/h2-22H2,1H3. The van der Waals surface area contributed by atoms with E-state index in [2.05, 4.69) is 6.92 Å². The number of ether oxygens (including phenoxy) is 2. The van der Waals surface area contributed by atoms with E-state index < -0.39 is 0 Å². The molecule has 3 aliphatic rings. The summed E-state index contributed by atoms with van der Waals surface area (Å²) in [5.74, 6) is 1.29. The predicted octanol–water partition coefficient (Wildman–Crippen LogP) is 7.09. The minimum absolute atomic E-state index is 0.0269. The maximum absolute atomic E-state index is 12.9. The second-order valence-electron chi connectivity index (χ2n) is 9.59. The van der Waals surface area contributed by atoms with Gasteiger partial charge in [-0.2, -0.15) is 0 Å². The highest BCUT2D eigenvalue weighted by Crippen LogP contribution is 2.59. The van der Waals surface area contributed by atoms with Crippen LogP contribution in [0.1, 0.15) is 110 Å². The fourth-order valence-electron chi connectivity index (χ4n) is 5.38. The number of carbonyl (C=O) groups is 1. The molecule has 3 aliphatic carbocycles. The number of alkyl halides is 1.